The van der Waals surface area contributed by atoms with Gasteiger partial charge in [-0.05, 0) is 13.0 Å². The van der Waals surface area contributed by atoms with Crippen molar-refractivity contribution in [2.24, 2.45) is 0 Å². The summed E-state index contributed by atoms with van der Waals surface area (Å²) in [5, 5.41) is 2.57. The van der Waals surface area contributed by atoms with E-state index in [0.717, 1.165) is 10.6 Å². The van der Waals surface area contributed by atoms with Gasteiger partial charge in [0.05, 0.1) is 19.3 Å². The number of hydrogen-bond acceptors (Lipinski definition) is 4. The topological polar surface area (TPSA) is 75.7 Å². The molecule has 0 fully saturated rings. The van der Waals surface area contributed by atoms with Crippen LogP contribution >= 0.6 is 0 Å². The molecular formula is C14H21FN2O4S. The molecule has 8 heteroatoms. The first-order valence-electron chi connectivity index (χ1n) is 6.58. The first-order valence-corrected chi connectivity index (χ1v) is 8.43. The highest BCUT2D eigenvalue weighted by Gasteiger charge is 2.30. The lowest BCUT2D eigenvalue weighted by molar-refractivity contribution is -0.122. The van der Waals surface area contributed by atoms with Gasteiger partial charge in [-0.25, -0.2) is 12.8 Å². The first-order chi connectivity index (χ1) is 10.1. The quantitative estimate of drug-likeness (QED) is 0.797. The number of nitrogens with one attached hydrogen (secondary N) is 1. The van der Waals surface area contributed by atoms with Crippen molar-refractivity contribution in [2.45, 2.75) is 12.5 Å². The summed E-state index contributed by atoms with van der Waals surface area (Å²) in [4.78, 5) is 11.8. The van der Waals surface area contributed by atoms with Crippen molar-refractivity contribution in [2.75, 3.05) is 33.5 Å². The van der Waals surface area contributed by atoms with E-state index in [4.69, 9.17) is 4.74 Å². The summed E-state index contributed by atoms with van der Waals surface area (Å²) in [5.74, 6) is -0.929. The van der Waals surface area contributed by atoms with E-state index < -0.39 is 27.3 Å². The van der Waals surface area contributed by atoms with Crippen LogP contribution in [0.1, 0.15) is 12.5 Å². The predicted molar refractivity (Wildman–Crippen MR) is 81.2 cm³/mol. The molecule has 0 spiro atoms. The lowest BCUT2D eigenvalue weighted by Gasteiger charge is -2.29. The molecule has 0 saturated carbocycles. The Kier molecular flexibility index (Phi) is 6.04. The van der Waals surface area contributed by atoms with E-state index in [-0.39, 0.29) is 13.1 Å². The third-order valence-electron chi connectivity index (χ3n) is 3.45. The molecule has 0 aliphatic carbocycles. The summed E-state index contributed by atoms with van der Waals surface area (Å²) in [6.07, 6.45) is 1.01. The fourth-order valence-corrected chi connectivity index (χ4v) is 2.16. The van der Waals surface area contributed by atoms with E-state index in [1.165, 1.54) is 20.2 Å². The Morgan fingerprint density at radius 1 is 1.41 bits per heavy atom. The zero-order valence-electron chi connectivity index (χ0n) is 13.1. The number of likely N-dealkylation sites (N-methyl/N-ethyl adjacent to an activating group) is 1. The van der Waals surface area contributed by atoms with E-state index in [0.29, 0.717) is 5.56 Å². The average molecular weight is 332 g/mol. The van der Waals surface area contributed by atoms with Gasteiger partial charge in [-0.2, -0.15) is 4.31 Å². The number of hydrogen-bond donors (Lipinski definition) is 1. The number of benzene rings is 1. The van der Waals surface area contributed by atoms with Crippen molar-refractivity contribution < 1.29 is 22.3 Å². The lowest BCUT2D eigenvalue weighted by Crippen LogP contribution is -2.44. The second-order valence-electron chi connectivity index (χ2n) is 5.21. The minimum absolute atomic E-state index is 0.0148. The van der Waals surface area contributed by atoms with Crippen LogP contribution < -0.4 is 5.32 Å². The van der Waals surface area contributed by atoms with Crippen LogP contribution in [0.3, 0.4) is 0 Å². The smallest absolute Gasteiger partial charge is 0.235 e. The third-order valence-corrected chi connectivity index (χ3v) is 4.71. The summed E-state index contributed by atoms with van der Waals surface area (Å²) in [6, 6.07) is 6.13. The summed E-state index contributed by atoms with van der Waals surface area (Å²) >= 11 is 0. The standard InChI is InChI=1S/C14H21FN2O4S/c1-14(21-3,11-7-5-6-8-12(11)15)10-16-13(18)9-17(2)22(4,19)20/h5-8H,9-10H2,1-4H3,(H,16,18). The van der Waals surface area contributed by atoms with Gasteiger partial charge in [-0.3, -0.25) is 4.79 Å². The van der Waals surface area contributed by atoms with Gasteiger partial charge in [-0.1, -0.05) is 18.2 Å². The normalized spacial score (nSPS) is 14.6. The summed E-state index contributed by atoms with van der Waals surface area (Å²) < 4.78 is 42.7. The number of sulfonamides is 1. The minimum atomic E-state index is -3.43. The molecule has 1 N–H and O–H groups in total. The molecule has 1 aromatic carbocycles. The fourth-order valence-electron chi connectivity index (χ4n) is 1.81. The van der Waals surface area contributed by atoms with E-state index in [9.17, 15) is 17.6 Å². The van der Waals surface area contributed by atoms with Gasteiger partial charge in [0, 0.05) is 19.7 Å². The van der Waals surface area contributed by atoms with E-state index in [1.54, 1.807) is 25.1 Å². The highest BCUT2D eigenvalue weighted by molar-refractivity contribution is 7.88. The van der Waals surface area contributed by atoms with Crippen LogP contribution in [-0.2, 0) is 25.2 Å². The monoisotopic (exact) mass is 332 g/mol. The van der Waals surface area contributed by atoms with Gasteiger partial charge in [-0.15, -0.1) is 0 Å². The maximum absolute atomic E-state index is 13.9. The molecule has 22 heavy (non-hydrogen) atoms. The van der Waals surface area contributed by atoms with Crippen LogP contribution in [0.25, 0.3) is 0 Å². The van der Waals surface area contributed by atoms with Gasteiger partial charge < -0.3 is 10.1 Å². The Morgan fingerprint density at radius 3 is 2.50 bits per heavy atom. The van der Waals surface area contributed by atoms with Crippen LogP contribution in [0, 0.1) is 5.82 Å². The molecule has 1 amide bonds. The molecule has 1 atom stereocenters. The van der Waals surface area contributed by atoms with Crippen LogP contribution in [-0.4, -0.2) is 52.1 Å². The number of methoxy groups -OCH3 is 1. The molecule has 0 heterocycles. The van der Waals surface area contributed by atoms with E-state index >= 15 is 0 Å². The Bertz CT molecular complexity index is 635. The zero-order valence-corrected chi connectivity index (χ0v) is 13.9. The van der Waals surface area contributed by atoms with Gasteiger partial charge in [0.1, 0.15) is 11.4 Å². The number of ether oxygens (including phenoxy) is 1. The Morgan fingerprint density at radius 2 is 2.00 bits per heavy atom. The molecule has 1 rings (SSSR count). The highest BCUT2D eigenvalue weighted by Crippen LogP contribution is 2.26. The minimum Gasteiger partial charge on any atom is -0.372 e. The molecule has 0 aliphatic rings. The summed E-state index contributed by atoms with van der Waals surface area (Å²) in [5.41, 5.74) is -0.737. The number of halogens is 1. The van der Waals surface area contributed by atoms with Crippen molar-refractivity contribution in [1.82, 2.24) is 9.62 Å². The molecular weight excluding hydrogens is 311 g/mol. The molecule has 0 bridgehead atoms. The van der Waals surface area contributed by atoms with Crippen molar-refractivity contribution in [3.05, 3.63) is 35.6 Å². The maximum Gasteiger partial charge on any atom is 0.235 e. The van der Waals surface area contributed by atoms with Crippen LogP contribution in [0.15, 0.2) is 24.3 Å². The SMILES string of the molecule is COC(C)(CNC(=O)CN(C)S(C)(=O)=O)c1ccccc1F. The fraction of sp³-hybridized carbons (Fsp3) is 0.500. The molecule has 0 aromatic heterocycles. The summed E-state index contributed by atoms with van der Waals surface area (Å²) in [6.45, 7) is 1.35. The van der Waals surface area contributed by atoms with E-state index in [1.807, 2.05) is 0 Å². The largest absolute Gasteiger partial charge is 0.372 e. The zero-order chi connectivity index (χ0) is 17.0. The lowest BCUT2D eigenvalue weighted by atomic mass is 9.95. The molecule has 6 nitrogen and oxygen atoms in total. The average Bonchev–Trinajstić information content (AvgIpc) is 2.44. The van der Waals surface area contributed by atoms with Crippen molar-refractivity contribution in [1.29, 1.82) is 0 Å². The van der Waals surface area contributed by atoms with Gasteiger partial charge >= 0.3 is 0 Å². The number of carbonyl (C=O) groups excluding carboxylic acids is 1. The second-order valence-corrected chi connectivity index (χ2v) is 7.30. The van der Waals surface area contributed by atoms with Crippen molar-refractivity contribution in [3.8, 4) is 0 Å². The van der Waals surface area contributed by atoms with Crippen molar-refractivity contribution in [3.63, 3.8) is 0 Å². The first kappa shape index (κ1) is 18.5. The molecule has 0 saturated heterocycles. The number of rotatable bonds is 7. The van der Waals surface area contributed by atoms with Gasteiger partial charge in [0.15, 0.2) is 0 Å². The molecule has 1 aromatic rings. The Hall–Kier alpha value is -1.51. The third kappa shape index (κ3) is 4.75. The Labute approximate surface area is 130 Å². The number of amides is 1. The highest BCUT2D eigenvalue weighted by atomic mass is 32.2. The van der Waals surface area contributed by atoms with Crippen LogP contribution in [0.4, 0.5) is 4.39 Å². The molecule has 1 unspecified atom stereocenters. The molecule has 0 aliphatic heterocycles. The van der Waals surface area contributed by atoms with Gasteiger partial charge in [0.25, 0.3) is 0 Å². The Balaban J connectivity index is 2.76. The van der Waals surface area contributed by atoms with Crippen molar-refractivity contribution >= 4 is 15.9 Å². The molecule has 124 valence electrons. The predicted octanol–water partition coefficient (Wildman–Crippen LogP) is 0.695. The van der Waals surface area contributed by atoms with Crippen LogP contribution in [0.2, 0.25) is 0 Å². The summed E-state index contributed by atoms with van der Waals surface area (Å²) in [7, 11) is -0.710. The maximum atomic E-state index is 13.9. The number of nitrogens with zero attached hydrogens (tertiary/aromatic N) is 1. The second kappa shape index (κ2) is 7.17. The van der Waals surface area contributed by atoms with Gasteiger partial charge in [0.2, 0.25) is 15.9 Å². The van der Waals surface area contributed by atoms with E-state index in [2.05, 4.69) is 5.32 Å². The number of carbonyl (C=O) groups is 1. The van der Waals surface area contributed by atoms with Crippen LogP contribution in [0.5, 0.6) is 0 Å². The molecule has 0 radical (unpaired) electrons.